The van der Waals surface area contributed by atoms with Crippen molar-refractivity contribution < 1.29 is 4.79 Å². The van der Waals surface area contributed by atoms with Crippen molar-refractivity contribution in [3.63, 3.8) is 0 Å². The SMILES string of the molecule is O=C(CCC1CCCC1)Nc1ccn2nccc2c1. The van der Waals surface area contributed by atoms with Crippen molar-refractivity contribution in [2.24, 2.45) is 5.92 Å². The Morgan fingerprint density at radius 3 is 3.05 bits per heavy atom. The third-order valence-electron chi connectivity index (χ3n) is 3.94. The lowest BCUT2D eigenvalue weighted by Crippen LogP contribution is -2.12. The molecule has 0 radical (unpaired) electrons. The van der Waals surface area contributed by atoms with Crippen LogP contribution in [0.15, 0.2) is 30.6 Å². The van der Waals surface area contributed by atoms with Crippen molar-refractivity contribution in [3.8, 4) is 0 Å². The van der Waals surface area contributed by atoms with Crippen LogP contribution in [-0.2, 0) is 4.79 Å². The molecule has 1 N–H and O–H groups in total. The number of pyridine rings is 1. The highest BCUT2D eigenvalue weighted by Crippen LogP contribution is 2.28. The first-order valence-corrected chi connectivity index (χ1v) is 7.04. The minimum Gasteiger partial charge on any atom is -0.326 e. The quantitative estimate of drug-likeness (QED) is 0.914. The van der Waals surface area contributed by atoms with Crippen LogP contribution in [0.4, 0.5) is 5.69 Å². The average Bonchev–Trinajstić information content (AvgIpc) is 3.07. The van der Waals surface area contributed by atoms with Gasteiger partial charge in [0, 0.05) is 24.5 Å². The van der Waals surface area contributed by atoms with Crippen LogP contribution < -0.4 is 5.32 Å². The van der Waals surface area contributed by atoms with Gasteiger partial charge < -0.3 is 5.32 Å². The Labute approximate surface area is 112 Å². The van der Waals surface area contributed by atoms with Gasteiger partial charge in [-0.25, -0.2) is 4.52 Å². The van der Waals surface area contributed by atoms with Gasteiger partial charge in [0.15, 0.2) is 0 Å². The fourth-order valence-electron chi connectivity index (χ4n) is 2.86. The third kappa shape index (κ3) is 2.95. The fourth-order valence-corrected chi connectivity index (χ4v) is 2.86. The van der Waals surface area contributed by atoms with E-state index in [1.54, 1.807) is 10.7 Å². The summed E-state index contributed by atoms with van der Waals surface area (Å²) in [6.07, 6.45) is 10.6. The lowest BCUT2D eigenvalue weighted by Gasteiger charge is -2.09. The minimum absolute atomic E-state index is 0.121. The summed E-state index contributed by atoms with van der Waals surface area (Å²) in [6.45, 7) is 0. The number of hydrogen-bond acceptors (Lipinski definition) is 2. The molecule has 2 aromatic rings. The minimum atomic E-state index is 0.121. The van der Waals surface area contributed by atoms with Crippen LogP contribution in [0.2, 0.25) is 0 Å². The van der Waals surface area contributed by atoms with Gasteiger partial charge >= 0.3 is 0 Å². The summed E-state index contributed by atoms with van der Waals surface area (Å²) in [5, 5.41) is 7.10. The Kier molecular flexibility index (Phi) is 3.49. The zero-order valence-electron chi connectivity index (χ0n) is 11.0. The van der Waals surface area contributed by atoms with Gasteiger partial charge in [-0.3, -0.25) is 4.79 Å². The number of carbonyl (C=O) groups excluding carboxylic acids is 1. The van der Waals surface area contributed by atoms with Crippen molar-refractivity contribution in [1.82, 2.24) is 9.61 Å². The molecular formula is C15H19N3O. The highest BCUT2D eigenvalue weighted by atomic mass is 16.1. The summed E-state index contributed by atoms with van der Waals surface area (Å²) in [6, 6.07) is 5.75. The predicted octanol–water partition coefficient (Wildman–Crippen LogP) is 3.24. The van der Waals surface area contributed by atoms with Gasteiger partial charge in [0.05, 0.1) is 5.52 Å². The molecule has 1 aliphatic carbocycles. The second-order valence-corrected chi connectivity index (χ2v) is 5.35. The van der Waals surface area contributed by atoms with Gasteiger partial charge in [0.2, 0.25) is 5.91 Å². The van der Waals surface area contributed by atoms with E-state index < -0.39 is 0 Å². The zero-order valence-corrected chi connectivity index (χ0v) is 11.0. The van der Waals surface area contributed by atoms with Crippen molar-refractivity contribution >= 4 is 17.1 Å². The Hall–Kier alpha value is -1.84. The number of nitrogens with one attached hydrogen (secondary N) is 1. The highest BCUT2D eigenvalue weighted by Gasteiger charge is 2.16. The Bertz CT molecular complexity index is 570. The second kappa shape index (κ2) is 5.43. The van der Waals surface area contributed by atoms with Crippen LogP contribution in [0.3, 0.4) is 0 Å². The normalized spacial score (nSPS) is 16.0. The van der Waals surface area contributed by atoms with Crippen molar-refractivity contribution in [3.05, 3.63) is 30.6 Å². The lowest BCUT2D eigenvalue weighted by molar-refractivity contribution is -0.116. The number of fused-ring (bicyclic) bond motifs is 1. The van der Waals surface area contributed by atoms with E-state index >= 15 is 0 Å². The first kappa shape index (κ1) is 12.2. The lowest BCUT2D eigenvalue weighted by atomic mass is 10.0. The average molecular weight is 257 g/mol. The molecule has 3 rings (SSSR count). The maximum atomic E-state index is 11.9. The molecule has 100 valence electrons. The molecule has 1 aliphatic rings. The van der Waals surface area contributed by atoms with Crippen LogP contribution in [-0.4, -0.2) is 15.5 Å². The monoisotopic (exact) mass is 257 g/mol. The van der Waals surface area contributed by atoms with E-state index in [0.717, 1.165) is 23.5 Å². The number of hydrogen-bond donors (Lipinski definition) is 1. The molecular weight excluding hydrogens is 238 g/mol. The summed E-state index contributed by atoms with van der Waals surface area (Å²) < 4.78 is 1.79. The molecule has 0 spiro atoms. The van der Waals surface area contributed by atoms with E-state index in [0.29, 0.717) is 6.42 Å². The van der Waals surface area contributed by atoms with Gasteiger partial charge in [-0.1, -0.05) is 25.7 Å². The van der Waals surface area contributed by atoms with Crippen LogP contribution >= 0.6 is 0 Å². The highest BCUT2D eigenvalue weighted by molar-refractivity contribution is 5.91. The molecule has 0 aromatic carbocycles. The summed E-state index contributed by atoms with van der Waals surface area (Å²) >= 11 is 0. The molecule has 1 amide bonds. The standard InChI is InChI=1S/C15H19N3O/c19-15(6-5-12-3-1-2-4-12)17-13-8-10-18-14(11-13)7-9-16-18/h7-12H,1-6H2,(H,17,19). The van der Waals surface area contributed by atoms with Crippen molar-refractivity contribution in [1.29, 1.82) is 0 Å². The summed E-state index contributed by atoms with van der Waals surface area (Å²) in [7, 11) is 0. The number of rotatable bonds is 4. The maximum absolute atomic E-state index is 11.9. The Balaban J connectivity index is 1.55. The van der Waals surface area contributed by atoms with E-state index in [1.807, 2.05) is 24.4 Å². The zero-order chi connectivity index (χ0) is 13.1. The van der Waals surface area contributed by atoms with E-state index in [4.69, 9.17) is 0 Å². The van der Waals surface area contributed by atoms with Gasteiger partial charge in [0.1, 0.15) is 0 Å². The second-order valence-electron chi connectivity index (χ2n) is 5.35. The Morgan fingerprint density at radius 2 is 2.21 bits per heavy atom. The van der Waals surface area contributed by atoms with Crippen molar-refractivity contribution in [2.45, 2.75) is 38.5 Å². The first-order chi connectivity index (χ1) is 9.31. The molecule has 4 heteroatoms. The molecule has 0 aliphatic heterocycles. The molecule has 2 heterocycles. The number of amides is 1. The molecule has 0 unspecified atom stereocenters. The van der Waals surface area contributed by atoms with Crippen LogP contribution in [0, 0.1) is 5.92 Å². The smallest absolute Gasteiger partial charge is 0.224 e. The van der Waals surface area contributed by atoms with Crippen molar-refractivity contribution in [2.75, 3.05) is 5.32 Å². The number of nitrogens with zero attached hydrogens (tertiary/aromatic N) is 2. The molecule has 1 fully saturated rings. The predicted molar refractivity (Wildman–Crippen MR) is 75.0 cm³/mol. The molecule has 0 bridgehead atoms. The first-order valence-electron chi connectivity index (χ1n) is 7.04. The summed E-state index contributed by atoms with van der Waals surface area (Å²) in [4.78, 5) is 11.9. The van der Waals surface area contributed by atoms with Crippen LogP contribution in [0.5, 0.6) is 0 Å². The largest absolute Gasteiger partial charge is 0.326 e. The van der Waals surface area contributed by atoms with Gasteiger partial charge in [-0.2, -0.15) is 5.10 Å². The topological polar surface area (TPSA) is 46.4 Å². The number of anilines is 1. The van der Waals surface area contributed by atoms with E-state index in [-0.39, 0.29) is 5.91 Å². The van der Waals surface area contributed by atoms with Gasteiger partial charge in [-0.05, 0) is 30.5 Å². The molecule has 4 nitrogen and oxygen atoms in total. The molecule has 1 saturated carbocycles. The summed E-state index contributed by atoms with van der Waals surface area (Å²) in [5.74, 6) is 0.888. The van der Waals surface area contributed by atoms with E-state index in [2.05, 4.69) is 10.4 Å². The maximum Gasteiger partial charge on any atom is 0.224 e. The van der Waals surface area contributed by atoms with Crippen LogP contribution in [0.1, 0.15) is 38.5 Å². The van der Waals surface area contributed by atoms with E-state index in [1.165, 1.54) is 25.7 Å². The Morgan fingerprint density at radius 1 is 1.37 bits per heavy atom. The summed E-state index contributed by atoms with van der Waals surface area (Å²) in [5.41, 5.74) is 1.85. The molecule has 2 aromatic heterocycles. The van der Waals surface area contributed by atoms with Gasteiger partial charge in [0.25, 0.3) is 0 Å². The molecule has 0 saturated heterocycles. The molecule has 0 atom stereocenters. The van der Waals surface area contributed by atoms with Crippen LogP contribution in [0.25, 0.3) is 5.52 Å². The van der Waals surface area contributed by atoms with Gasteiger partial charge in [-0.15, -0.1) is 0 Å². The fraction of sp³-hybridized carbons (Fsp3) is 0.467. The number of aromatic nitrogens is 2. The van der Waals surface area contributed by atoms with E-state index in [9.17, 15) is 4.79 Å². The number of carbonyl (C=O) groups is 1. The third-order valence-corrected chi connectivity index (χ3v) is 3.94. The molecule has 19 heavy (non-hydrogen) atoms.